The van der Waals surface area contributed by atoms with Gasteiger partial charge < -0.3 is 0 Å². The van der Waals surface area contributed by atoms with E-state index in [4.69, 9.17) is 0 Å². The van der Waals surface area contributed by atoms with Crippen LogP contribution in [0, 0.1) is 11.8 Å². The predicted molar refractivity (Wildman–Crippen MR) is 109 cm³/mol. The van der Waals surface area contributed by atoms with Gasteiger partial charge in [-0.3, -0.25) is 0 Å². The Hall–Kier alpha value is -2.78. The summed E-state index contributed by atoms with van der Waals surface area (Å²) in [5.74, 6) is 1.36. The van der Waals surface area contributed by atoms with Crippen molar-refractivity contribution in [3.05, 3.63) is 119 Å². The van der Waals surface area contributed by atoms with Gasteiger partial charge in [0.1, 0.15) is 0 Å². The SMILES string of the molecule is C1=C=C(C(C2CC=CCC2)C(c2ccccc2)c2ccccc2)C=CC=1. The Morgan fingerprint density at radius 1 is 0.846 bits per heavy atom. The van der Waals surface area contributed by atoms with E-state index < -0.39 is 0 Å². The number of benzene rings is 2. The van der Waals surface area contributed by atoms with Gasteiger partial charge in [-0.2, -0.15) is 0 Å². The molecule has 2 aromatic carbocycles. The quantitative estimate of drug-likeness (QED) is 0.426. The average molecular weight is 336 g/mol. The fourth-order valence-electron chi connectivity index (χ4n) is 4.34. The first-order valence-electron chi connectivity index (χ1n) is 9.56. The lowest BCUT2D eigenvalue weighted by Crippen LogP contribution is -2.25. The summed E-state index contributed by atoms with van der Waals surface area (Å²) in [5.41, 5.74) is 10.7. The molecule has 0 aliphatic heterocycles. The van der Waals surface area contributed by atoms with Crippen molar-refractivity contribution in [2.75, 3.05) is 0 Å². The third-order valence-electron chi connectivity index (χ3n) is 5.52. The number of rotatable bonds is 5. The molecule has 0 bridgehead atoms. The minimum atomic E-state index is 0.334. The van der Waals surface area contributed by atoms with Crippen molar-refractivity contribution in [3.8, 4) is 0 Å². The Kier molecular flexibility index (Phi) is 5.17. The van der Waals surface area contributed by atoms with Gasteiger partial charge in [0, 0.05) is 17.4 Å². The highest BCUT2D eigenvalue weighted by Crippen LogP contribution is 2.44. The van der Waals surface area contributed by atoms with Crippen LogP contribution < -0.4 is 0 Å². The molecule has 0 fully saturated rings. The lowest BCUT2D eigenvalue weighted by atomic mass is 9.67. The van der Waals surface area contributed by atoms with E-state index >= 15 is 0 Å². The van der Waals surface area contributed by atoms with Crippen LogP contribution in [0.3, 0.4) is 0 Å². The van der Waals surface area contributed by atoms with Crippen molar-refractivity contribution >= 4 is 0 Å². The first-order valence-corrected chi connectivity index (χ1v) is 9.56. The fraction of sp³-hybridized carbons (Fsp3) is 0.231. The molecule has 0 N–H and O–H groups in total. The van der Waals surface area contributed by atoms with Crippen molar-refractivity contribution in [2.24, 2.45) is 11.8 Å². The zero-order valence-electron chi connectivity index (χ0n) is 15.0. The van der Waals surface area contributed by atoms with Gasteiger partial charge in [-0.1, -0.05) is 90.4 Å². The maximum absolute atomic E-state index is 3.44. The summed E-state index contributed by atoms with van der Waals surface area (Å²) in [5, 5.41) is 0. The van der Waals surface area contributed by atoms with Gasteiger partial charge in [0.15, 0.2) is 0 Å². The van der Waals surface area contributed by atoms with Crippen LogP contribution in [-0.4, -0.2) is 0 Å². The number of hydrogen-bond donors (Lipinski definition) is 0. The van der Waals surface area contributed by atoms with Gasteiger partial charge in [0.25, 0.3) is 0 Å². The van der Waals surface area contributed by atoms with Crippen molar-refractivity contribution in [1.29, 1.82) is 0 Å². The van der Waals surface area contributed by atoms with Gasteiger partial charge in [-0.25, -0.2) is 0 Å². The molecule has 0 radical (unpaired) electrons. The van der Waals surface area contributed by atoms with E-state index in [1.165, 1.54) is 29.5 Å². The molecule has 0 amide bonds. The van der Waals surface area contributed by atoms with E-state index in [9.17, 15) is 0 Å². The molecule has 0 saturated heterocycles. The third kappa shape index (κ3) is 3.58. The molecule has 0 saturated carbocycles. The molecule has 0 aromatic heterocycles. The molecule has 0 spiro atoms. The van der Waals surface area contributed by atoms with Crippen molar-refractivity contribution in [1.82, 2.24) is 0 Å². The summed E-state index contributed by atoms with van der Waals surface area (Å²) in [6.07, 6.45) is 14.5. The highest BCUT2D eigenvalue weighted by Gasteiger charge is 2.33. The topological polar surface area (TPSA) is 0 Å². The van der Waals surface area contributed by atoms with Crippen LogP contribution in [-0.2, 0) is 0 Å². The number of hydrogen-bond acceptors (Lipinski definition) is 0. The maximum Gasteiger partial charge on any atom is 0.0167 e. The van der Waals surface area contributed by atoms with E-state index in [0.29, 0.717) is 17.8 Å². The van der Waals surface area contributed by atoms with Gasteiger partial charge in [-0.15, -0.1) is 0 Å². The molecular formula is C26H24. The third-order valence-corrected chi connectivity index (χ3v) is 5.52. The smallest absolute Gasteiger partial charge is 0.0167 e. The molecule has 0 nitrogen and oxygen atoms in total. The summed E-state index contributed by atoms with van der Waals surface area (Å²) in [7, 11) is 0. The minimum absolute atomic E-state index is 0.334. The summed E-state index contributed by atoms with van der Waals surface area (Å²) >= 11 is 0. The Balaban J connectivity index is 1.86. The second-order valence-electron chi connectivity index (χ2n) is 7.12. The Morgan fingerprint density at radius 2 is 1.54 bits per heavy atom. The summed E-state index contributed by atoms with van der Waals surface area (Å²) < 4.78 is 0. The fourth-order valence-corrected chi connectivity index (χ4v) is 4.34. The Bertz CT molecular complexity index is 846. The van der Waals surface area contributed by atoms with E-state index in [0.717, 1.165) is 6.42 Å². The minimum Gasteiger partial charge on any atom is -0.0885 e. The molecule has 0 heteroatoms. The first kappa shape index (κ1) is 16.7. The maximum atomic E-state index is 3.44. The Morgan fingerprint density at radius 3 is 2.08 bits per heavy atom. The van der Waals surface area contributed by atoms with Crippen LogP contribution in [0.1, 0.15) is 36.3 Å². The second kappa shape index (κ2) is 8.07. The normalized spacial score (nSPS) is 19.6. The van der Waals surface area contributed by atoms with E-state index in [1.54, 1.807) is 0 Å². The van der Waals surface area contributed by atoms with Crippen molar-refractivity contribution in [2.45, 2.75) is 25.2 Å². The molecular weight excluding hydrogens is 312 g/mol. The predicted octanol–water partition coefficient (Wildman–Crippen LogP) is 6.60. The van der Waals surface area contributed by atoms with E-state index in [-0.39, 0.29) is 0 Å². The highest BCUT2D eigenvalue weighted by atomic mass is 14.4. The molecule has 0 heterocycles. The van der Waals surface area contributed by atoms with Gasteiger partial charge in [0.05, 0.1) is 0 Å². The van der Waals surface area contributed by atoms with E-state index in [1.807, 2.05) is 6.08 Å². The molecule has 26 heavy (non-hydrogen) atoms. The molecule has 4 rings (SSSR count). The highest BCUT2D eigenvalue weighted by molar-refractivity contribution is 5.40. The van der Waals surface area contributed by atoms with Crippen LogP contribution >= 0.6 is 0 Å². The first-order chi connectivity index (χ1) is 12.9. The summed E-state index contributed by atoms with van der Waals surface area (Å²) in [4.78, 5) is 0. The molecule has 2 aliphatic carbocycles. The number of allylic oxidation sites excluding steroid dienone is 6. The average Bonchev–Trinajstić information content (AvgIpc) is 2.74. The monoisotopic (exact) mass is 336 g/mol. The summed E-state index contributed by atoms with van der Waals surface area (Å²) in [6.45, 7) is 0. The van der Waals surface area contributed by atoms with E-state index in [2.05, 4.69) is 96.4 Å². The van der Waals surface area contributed by atoms with Crippen LogP contribution in [0.2, 0.25) is 0 Å². The second-order valence-corrected chi connectivity index (χ2v) is 7.12. The van der Waals surface area contributed by atoms with Gasteiger partial charge >= 0.3 is 0 Å². The lowest BCUT2D eigenvalue weighted by molar-refractivity contribution is 0.326. The zero-order valence-corrected chi connectivity index (χ0v) is 15.0. The molecule has 2 unspecified atom stereocenters. The molecule has 2 atom stereocenters. The van der Waals surface area contributed by atoms with Gasteiger partial charge in [-0.05, 0) is 48.5 Å². The molecule has 2 aromatic rings. The lowest BCUT2D eigenvalue weighted by Gasteiger charge is -2.36. The van der Waals surface area contributed by atoms with Crippen LogP contribution in [0.5, 0.6) is 0 Å². The van der Waals surface area contributed by atoms with Crippen LogP contribution in [0.25, 0.3) is 0 Å². The van der Waals surface area contributed by atoms with Crippen molar-refractivity contribution < 1.29 is 0 Å². The van der Waals surface area contributed by atoms with Crippen LogP contribution in [0.4, 0.5) is 0 Å². The van der Waals surface area contributed by atoms with Crippen molar-refractivity contribution in [3.63, 3.8) is 0 Å². The van der Waals surface area contributed by atoms with Gasteiger partial charge in [0.2, 0.25) is 0 Å². The largest absolute Gasteiger partial charge is 0.0885 e. The zero-order chi connectivity index (χ0) is 17.6. The Labute approximate surface area is 156 Å². The standard InChI is InChI=1S/C26H24/c1-5-13-21(14-6-1)25(22-15-7-2-8-16-22)26(23-17-9-3-10-18-23)24-19-11-4-12-20-24/h1-9,11,13-16,19,23,25-26H,10,17-18H2. The molecule has 2 aliphatic rings. The van der Waals surface area contributed by atoms with Crippen LogP contribution in [0.15, 0.2) is 108 Å². The molecule has 128 valence electrons. The summed E-state index contributed by atoms with van der Waals surface area (Å²) in [6, 6.07) is 21.9.